The number of halogens is 2. The molecule has 1 aliphatic rings. The Morgan fingerprint density at radius 3 is 2.73 bits per heavy atom. The molecule has 84 valence electrons. The lowest BCUT2D eigenvalue weighted by Gasteiger charge is -2.21. The maximum atomic E-state index is 12.3. The van der Waals surface area contributed by atoms with Crippen molar-refractivity contribution >= 4 is 0 Å². The van der Waals surface area contributed by atoms with Gasteiger partial charge in [-0.2, -0.15) is 0 Å². The molecule has 1 aromatic heterocycles. The average Bonchev–Trinajstić information content (AvgIpc) is 2.68. The van der Waals surface area contributed by atoms with Gasteiger partial charge < -0.3 is 10.3 Å². The van der Waals surface area contributed by atoms with Crippen LogP contribution in [0.2, 0.25) is 0 Å². The zero-order chi connectivity index (χ0) is 10.7. The van der Waals surface area contributed by atoms with Crippen LogP contribution in [0.4, 0.5) is 8.78 Å². The summed E-state index contributed by atoms with van der Waals surface area (Å²) in [7, 11) is 0. The molecule has 0 aromatic carbocycles. The molecule has 15 heavy (non-hydrogen) atoms. The zero-order valence-electron chi connectivity index (χ0n) is 8.47. The number of rotatable bonds is 3. The molecule has 0 aliphatic carbocycles. The van der Waals surface area contributed by atoms with E-state index in [4.69, 9.17) is 0 Å². The standard InChI is InChI=1S/C10H15F2N3/c11-10(12)8-6-14-9(15-8)5-7-1-3-13-4-2-7/h6-7,10,13H,1-5H2,(H,14,15). The number of imidazole rings is 1. The van der Waals surface area contributed by atoms with Crippen molar-refractivity contribution < 1.29 is 8.78 Å². The smallest absolute Gasteiger partial charge is 0.279 e. The summed E-state index contributed by atoms with van der Waals surface area (Å²) in [6, 6.07) is 0. The largest absolute Gasteiger partial charge is 0.341 e. The van der Waals surface area contributed by atoms with Gasteiger partial charge in [0.2, 0.25) is 0 Å². The number of alkyl halides is 2. The Bertz CT molecular complexity index is 305. The van der Waals surface area contributed by atoms with E-state index in [0.717, 1.165) is 32.4 Å². The number of piperidine rings is 1. The molecule has 3 nitrogen and oxygen atoms in total. The number of nitrogens with one attached hydrogen (secondary N) is 2. The quantitative estimate of drug-likeness (QED) is 0.808. The summed E-state index contributed by atoms with van der Waals surface area (Å²) in [6.45, 7) is 2.04. The summed E-state index contributed by atoms with van der Waals surface area (Å²) in [5, 5.41) is 3.27. The van der Waals surface area contributed by atoms with Crippen LogP contribution < -0.4 is 5.32 Å². The van der Waals surface area contributed by atoms with Crippen LogP contribution in [0.25, 0.3) is 0 Å². The Kier molecular flexibility index (Phi) is 3.30. The van der Waals surface area contributed by atoms with E-state index < -0.39 is 6.43 Å². The van der Waals surface area contributed by atoms with E-state index in [1.807, 2.05) is 0 Å². The molecule has 0 saturated carbocycles. The van der Waals surface area contributed by atoms with E-state index in [2.05, 4.69) is 15.3 Å². The second-order valence-corrected chi connectivity index (χ2v) is 3.98. The van der Waals surface area contributed by atoms with Gasteiger partial charge >= 0.3 is 0 Å². The molecule has 5 heteroatoms. The van der Waals surface area contributed by atoms with Gasteiger partial charge in [0.25, 0.3) is 6.43 Å². The molecule has 0 amide bonds. The van der Waals surface area contributed by atoms with Crippen molar-refractivity contribution in [3.8, 4) is 0 Å². The van der Waals surface area contributed by atoms with E-state index in [9.17, 15) is 8.78 Å². The van der Waals surface area contributed by atoms with Crippen LogP contribution in [0.15, 0.2) is 6.20 Å². The Morgan fingerprint density at radius 1 is 1.40 bits per heavy atom. The highest BCUT2D eigenvalue weighted by Crippen LogP contribution is 2.19. The van der Waals surface area contributed by atoms with E-state index in [1.54, 1.807) is 0 Å². The van der Waals surface area contributed by atoms with Gasteiger partial charge in [0.05, 0.1) is 6.20 Å². The van der Waals surface area contributed by atoms with Crippen molar-refractivity contribution in [2.45, 2.75) is 25.7 Å². The minimum absolute atomic E-state index is 0.0704. The summed E-state index contributed by atoms with van der Waals surface area (Å²) in [5.74, 6) is 1.26. The van der Waals surface area contributed by atoms with Crippen molar-refractivity contribution in [3.05, 3.63) is 17.7 Å². The van der Waals surface area contributed by atoms with E-state index in [-0.39, 0.29) is 5.69 Å². The maximum Gasteiger partial charge on any atom is 0.279 e. The predicted molar refractivity (Wildman–Crippen MR) is 52.8 cm³/mol. The first-order valence-corrected chi connectivity index (χ1v) is 5.28. The van der Waals surface area contributed by atoms with Crippen molar-refractivity contribution in [2.75, 3.05) is 13.1 Å². The van der Waals surface area contributed by atoms with Gasteiger partial charge in [-0.15, -0.1) is 0 Å². The highest BCUT2D eigenvalue weighted by molar-refractivity contribution is 5.03. The lowest BCUT2D eigenvalue weighted by atomic mass is 9.94. The van der Waals surface area contributed by atoms with Crippen LogP contribution in [0.5, 0.6) is 0 Å². The van der Waals surface area contributed by atoms with E-state index in [1.165, 1.54) is 6.20 Å². The molecular weight excluding hydrogens is 200 g/mol. The molecular formula is C10H15F2N3. The van der Waals surface area contributed by atoms with Gasteiger partial charge in [0.1, 0.15) is 11.5 Å². The third kappa shape index (κ3) is 2.75. The summed E-state index contributed by atoms with van der Waals surface area (Å²) in [6.07, 6.45) is 1.78. The first-order chi connectivity index (χ1) is 7.25. The Hall–Kier alpha value is -0.970. The van der Waals surface area contributed by atoms with Gasteiger partial charge in [0, 0.05) is 6.42 Å². The Labute approximate surface area is 87.3 Å². The second-order valence-electron chi connectivity index (χ2n) is 3.98. The van der Waals surface area contributed by atoms with Crippen molar-refractivity contribution in [1.29, 1.82) is 0 Å². The molecule has 2 rings (SSSR count). The van der Waals surface area contributed by atoms with Crippen LogP contribution in [0.3, 0.4) is 0 Å². The van der Waals surface area contributed by atoms with Crippen LogP contribution in [0, 0.1) is 5.92 Å². The van der Waals surface area contributed by atoms with Crippen molar-refractivity contribution in [3.63, 3.8) is 0 Å². The highest BCUT2D eigenvalue weighted by Gasteiger charge is 2.16. The van der Waals surface area contributed by atoms with Crippen LogP contribution >= 0.6 is 0 Å². The monoisotopic (exact) mass is 215 g/mol. The first kappa shape index (κ1) is 10.5. The molecule has 0 unspecified atom stereocenters. The molecule has 2 N–H and O–H groups in total. The molecule has 1 fully saturated rings. The molecule has 1 aliphatic heterocycles. The fraction of sp³-hybridized carbons (Fsp3) is 0.700. The molecule has 1 saturated heterocycles. The molecule has 2 heterocycles. The molecule has 0 spiro atoms. The third-order valence-corrected chi connectivity index (χ3v) is 2.82. The van der Waals surface area contributed by atoms with E-state index in [0.29, 0.717) is 11.7 Å². The minimum atomic E-state index is -2.45. The van der Waals surface area contributed by atoms with Gasteiger partial charge in [0.15, 0.2) is 0 Å². The number of hydrogen-bond acceptors (Lipinski definition) is 2. The van der Waals surface area contributed by atoms with Gasteiger partial charge in [-0.05, 0) is 31.8 Å². The van der Waals surface area contributed by atoms with Gasteiger partial charge in [-0.25, -0.2) is 13.8 Å². The lowest BCUT2D eigenvalue weighted by molar-refractivity contribution is 0.146. The molecule has 1 aromatic rings. The summed E-state index contributed by atoms with van der Waals surface area (Å²) in [5.41, 5.74) is -0.0704. The zero-order valence-corrected chi connectivity index (χ0v) is 8.47. The van der Waals surface area contributed by atoms with Crippen molar-refractivity contribution in [2.24, 2.45) is 5.92 Å². The number of aromatic nitrogens is 2. The average molecular weight is 215 g/mol. The fourth-order valence-corrected chi connectivity index (χ4v) is 1.95. The first-order valence-electron chi connectivity index (χ1n) is 5.28. The second kappa shape index (κ2) is 4.70. The van der Waals surface area contributed by atoms with Crippen LogP contribution in [-0.4, -0.2) is 23.1 Å². The van der Waals surface area contributed by atoms with Crippen molar-refractivity contribution in [1.82, 2.24) is 15.3 Å². The number of nitrogens with zero attached hydrogens (tertiary/aromatic N) is 1. The number of hydrogen-bond donors (Lipinski definition) is 2. The predicted octanol–water partition coefficient (Wildman–Crippen LogP) is 1.89. The SMILES string of the molecule is FC(F)c1cnc(CC2CCNCC2)[nH]1. The maximum absolute atomic E-state index is 12.3. The van der Waals surface area contributed by atoms with Crippen LogP contribution in [-0.2, 0) is 6.42 Å². The summed E-state index contributed by atoms with van der Waals surface area (Å²) in [4.78, 5) is 6.65. The topological polar surface area (TPSA) is 40.7 Å². The minimum Gasteiger partial charge on any atom is -0.341 e. The van der Waals surface area contributed by atoms with E-state index >= 15 is 0 Å². The van der Waals surface area contributed by atoms with Gasteiger partial charge in [-0.3, -0.25) is 0 Å². The summed E-state index contributed by atoms with van der Waals surface area (Å²) >= 11 is 0. The molecule has 0 radical (unpaired) electrons. The summed E-state index contributed by atoms with van der Waals surface area (Å²) < 4.78 is 24.6. The highest BCUT2D eigenvalue weighted by atomic mass is 19.3. The Morgan fingerprint density at radius 2 is 2.13 bits per heavy atom. The molecule has 0 bridgehead atoms. The lowest BCUT2D eigenvalue weighted by Crippen LogP contribution is -2.28. The fourth-order valence-electron chi connectivity index (χ4n) is 1.95. The van der Waals surface area contributed by atoms with Gasteiger partial charge in [-0.1, -0.05) is 0 Å². The Balaban J connectivity index is 1.91. The normalized spacial score (nSPS) is 18.6. The van der Waals surface area contributed by atoms with Crippen LogP contribution in [0.1, 0.15) is 30.8 Å². The third-order valence-electron chi connectivity index (χ3n) is 2.82. The number of aromatic amines is 1. The molecule has 0 atom stereocenters. The number of H-pyrrole nitrogens is 1.